The van der Waals surface area contributed by atoms with E-state index in [2.05, 4.69) is 5.32 Å². The number of rotatable bonds is 3. The Balaban J connectivity index is 2.10. The van der Waals surface area contributed by atoms with Gasteiger partial charge in [0.2, 0.25) is 5.43 Å². The zero-order chi connectivity index (χ0) is 16.6. The summed E-state index contributed by atoms with van der Waals surface area (Å²) >= 11 is 0. The maximum absolute atomic E-state index is 14.5. The Bertz CT molecular complexity index is 776. The van der Waals surface area contributed by atoms with Crippen LogP contribution in [0, 0.1) is 5.82 Å². The van der Waals surface area contributed by atoms with E-state index in [1.54, 1.807) is 12.3 Å². The molecule has 0 bridgehead atoms. The normalized spacial score (nSPS) is 16.2. The van der Waals surface area contributed by atoms with Gasteiger partial charge in [0.1, 0.15) is 5.82 Å². The lowest BCUT2D eigenvalue weighted by molar-refractivity contribution is 0.460. The molecule has 3 rings (SSSR count). The van der Waals surface area contributed by atoms with Crippen molar-refractivity contribution in [3.63, 3.8) is 0 Å². The molecule has 1 fully saturated rings. The lowest BCUT2D eigenvalue weighted by Gasteiger charge is -2.25. The molecular weight excluding hydrogens is 293 g/mol. The minimum Gasteiger partial charge on any atom is -0.394 e. The minimum absolute atomic E-state index is 0.133. The molecule has 2 aromatic rings. The van der Waals surface area contributed by atoms with Gasteiger partial charge in [0, 0.05) is 18.3 Å². The molecule has 1 aliphatic rings. The average Bonchev–Trinajstić information content (AvgIpc) is 2.53. The highest BCUT2D eigenvalue weighted by atomic mass is 19.1. The third-order valence-electron chi connectivity index (χ3n) is 4.67. The quantitative estimate of drug-likeness (QED) is 0.898. The number of fused-ring (bicyclic) bond motifs is 1. The minimum atomic E-state index is -0.388. The van der Waals surface area contributed by atoms with Crippen molar-refractivity contribution in [1.29, 1.82) is 0 Å². The zero-order valence-corrected chi connectivity index (χ0v) is 13.7. The Labute approximate surface area is 135 Å². The van der Waals surface area contributed by atoms with Gasteiger partial charge in [-0.05, 0) is 38.8 Å². The van der Waals surface area contributed by atoms with Gasteiger partial charge in [-0.2, -0.15) is 0 Å². The summed E-state index contributed by atoms with van der Waals surface area (Å²) < 4.78 is 16.4. The smallest absolute Gasteiger partial charge is 0.212 e. The fourth-order valence-electron chi connectivity index (χ4n) is 3.40. The van der Waals surface area contributed by atoms with Crippen LogP contribution in [0.5, 0.6) is 0 Å². The first kappa shape index (κ1) is 15.8. The molecule has 4 nitrogen and oxygen atoms in total. The molecule has 3 N–H and O–H groups in total. The van der Waals surface area contributed by atoms with Crippen molar-refractivity contribution < 1.29 is 4.39 Å². The molecule has 0 amide bonds. The maximum atomic E-state index is 14.5. The number of anilines is 2. The Morgan fingerprint density at radius 1 is 1.26 bits per heavy atom. The predicted octanol–water partition coefficient (Wildman–Crippen LogP) is 4.05. The number of nitrogen functional groups attached to an aromatic ring is 1. The largest absolute Gasteiger partial charge is 0.394 e. The van der Waals surface area contributed by atoms with Gasteiger partial charge in [0.25, 0.3) is 0 Å². The zero-order valence-electron chi connectivity index (χ0n) is 13.7. The van der Waals surface area contributed by atoms with Crippen molar-refractivity contribution in [2.75, 3.05) is 11.1 Å². The summed E-state index contributed by atoms with van der Waals surface area (Å²) in [6.07, 6.45) is 7.40. The van der Waals surface area contributed by atoms with Crippen LogP contribution >= 0.6 is 0 Å². The third-order valence-corrected chi connectivity index (χ3v) is 4.67. The van der Waals surface area contributed by atoms with Crippen LogP contribution in [0.1, 0.15) is 52.0 Å². The number of aromatic nitrogens is 1. The molecule has 5 heteroatoms. The maximum Gasteiger partial charge on any atom is 0.212 e. The molecule has 1 saturated carbocycles. The molecular formula is C18H24FN3O. The SMILES string of the molecule is CC(C)n1cc(N)c(=O)c2cc(F)c(NC3CCCCC3)cc21. The summed E-state index contributed by atoms with van der Waals surface area (Å²) in [6.45, 7) is 4.03. The van der Waals surface area contributed by atoms with Gasteiger partial charge in [-0.3, -0.25) is 4.79 Å². The van der Waals surface area contributed by atoms with E-state index in [1.165, 1.54) is 25.3 Å². The number of hydrogen-bond acceptors (Lipinski definition) is 3. The summed E-state index contributed by atoms with van der Waals surface area (Å²) in [5.41, 5.74) is 6.83. The number of hydrogen-bond donors (Lipinski definition) is 2. The van der Waals surface area contributed by atoms with Gasteiger partial charge in [0.05, 0.1) is 22.3 Å². The number of nitrogens with two attached hydrogens (primary N) is 1. The molecule has 1 heterocycles. The summed E-state index contributed by atoms with van der Waals surface area (Å²) in [5, 5.41) is 3.66. The predicted molar refractivity (Wildman–Crippen MR) is 93.5 cm³/mol. The monoisotopic (exact) mass is 317 g/mol. The molecule has 0 radical (unpaired) electrons. The van der Waals surface area contributed by atoms with Crippen molar-refractivity contribution in [3.8, 4) is 0 Å². The molecule has 23 heavy (non-hydrogen) atoms. The van der Waals surface area contributed by atoms with Crippen LogP contribution in [0.4, 0.5) is 15.8 Å². The molecule has 0 atom stereocenters. The molecule has 0 aliphatic heterocycles. The molecule has 0 saturated heterocycles. The first-order valence-corrected chi connectivity index (χ1v) is 8.38. The second-order valence-electron chi connectivity index (χ2n) is 6.74. The van der Waals surface area contributed by atoms with Crippen molar-refractivity contribution in [2.45, 2.75) is 58.0 Å². The van der Waals surface area contributed by atoms with E-state index in [4.69, 9.17) is 5.73 Å². The molecule has 1 aliphatic carbocycles. The second kappa shape index (κ2) is 6.22. The fourth-order valence-corrected chi connectivity index (χ4v) is 3.40. The van der Waals surface area contributed by atoms with Gasteiger partial charge in [0.15, 0.2) is 0 Å². The van der Waals surface area contributed by atoms with E-state index >= 15 is 0 Å². The number of nitrogens with zero attached hydrogens (tertiary/aromatic N) is 1. The van der Waals surface area contributed by atoms with Crippen molar-refractivity contribution in [2.24, 2.45) is 0 Å². The van der Waals surface area contributed by atoms with Crippen molar-refractivity contribution >= 4 is 22.3 Å². The Hall–Kier alpha value is -2.04. The first-order valence-electron chi connectivity index (χ1n) is 8.38. The number of pyridine rings is 1. The fraction of sp³-hybridized carbons (Fsp3) is 0.500. The Morgan fingerprint density at radius 3 is 2.61 bits per heavy atom. The number of halogens is 1. The highest BCUT2D eigenvalue weighted by molar-refractivity contribution is 5.85. The summed E-state index contributed by atoms with van der Waals surface area (Å²) in [7, 11) is 0. The van der Waals surface area contributed by atoms with E-state index in [1.807, 2.05) is 18.4 Å². The lowest BCUT2D eigenvalue weighted by atomic mass is 9.95. The van der Waals surface area contributed by atoms with Crippen LogP contribution < -0.4 is 16.5 Å². The van der Waals surface area contributed by atoms with E-state index in [0.717, 1.165) is 18.4 Å². The van der Waals surface area contributed by atoms with E-state index in [0.29, 0.717) is 17.1 Å². The first-order chi connectivity index (χ1) is 11.0. The van der Waals surface area contributed by atoms with Crippen LogP contribution in [-0.4, -0.2) is 10.6 Å². The van der Waals surface area contributed by atoms with Crippen LogP contribution in [0.3, 0.4) is 0 Å². The van der Waals surface area contributed by atoms with Crippen molar-refractivity contribution in [3.05, 3.63) is 34.4 Å². The van der Waals surface area contributed by atoms with Gasteiger partial charge in [-0.25, -0.2) is 4.39 Å². The molecule has 124 valence electrons. The Morgan fingerprint density at radius 2 is 1.96 bits per heavy atom. The standard InChI is InChI=1S/C18H24FN3O/c1-11(2)22-10-15(20)18(23)13-8-14(19)16(9-17(13)22)21-12-6-4-3-5-7-12/h8-12,21H,3-7,20H2,1-2H3. The highest BCUT2D eigenvalue weighted by Gasteiger charge is 2.17. The van der Waals surface area contributed by atoms with E-state index < -0.39 is 0 Å². The van der Waals surface area contributed by atoms with Crippen LogP contribution in [0.2, 0.25) is 0 Å². The average molecular weight is 317 g/mol. The van der Waals surface area contributed by atoms with Crippen LogP contribution in [0.15, 0.2) is 23.1 Å². The highest BCUT2D eigenvalue weighted by Crippen LogP contribution is 2.27. The Kier molecular flexibility index (Phi) is 4.28. The van der Waals surface area contributed by atoms with E-state index in [-0.39, 0.29) is 23.0 Å². The topological polar surface area (TPSA) is 60.0 Å². The number of nitrogens with one attached hydrogen (secondary N) is 1. The summed E-state index contributed by atoms with van der Waals surface area (Å²) in [5.74, 6) is -0.388. The van der Waals surface area contributed by atoms with Crippen LogP contribution in [0.25, 0.3) is 10.9 Å². The molecule has 0 unspecified atom stereocenters. The van der Waals surface area contributed by atoms with Gasteiger partial charge in [-0.1, -0.05) is 19.3 Å². The molecule has 1 aromatic carbocycles. The van der Waals surface area contributed by atoms with Gasteiger partial charge < -0.3 is 15.6 Å². The van der Waals surface area contributed by atoms with Gasteiger partial charge >= 0.3 is 0 Å². The summed E-state index contributed by atoms with van der Waals surface area (Å²) in [4.78, 5) is 12.2. The number of benzene rings is 1. The summed E-state index contributed by atoms with van der Waals surface area (Å²) in [6, 6.07) is 3.51. The van der Waals surface area contributed by atoms with Crippen molar-refractivity contribution in [1.82, 2.24) is 4.57 Å². The van der Waals surface area contributed by atoms with Gasteiger partial charge in [-0.15, -0.1) is 0 Å². The molecule has 1 aromatic heterocycles. The lowest BCUT2D eigenvalue weighted by Crippen LogP contribution is -2.23. The van der Waals surface area contributed by atoms with Crippen LogP contribution in [-0.2, 0) is 0 Å². The third kappa shape index (κ3) is 3.05. The molecule has 0 spiro atoms. The van der Waals surface area contributed by atoms with E-state index in [9.17, 15) is 9.18 Å². The second-order valence-corrected chi connectivity index (χ2v) is 6.74.